The van der Waals surface area contributed by atoms with Crippen molar-refractivity contribution in [3.8, 4) is 68.6 Å². The topological polar surface area (TPSA) is 87.2 Å². The summed E-state index contributed by atoms with van der Waals surface area (Å²) in [5, 5.41) is 9.02. The van der Waals surface area contributed by atoms with Crippen LogP contribution in [0.5, 0.6) is 0 Å². The smallest absolute Gasteiger partial charge is 0.238 e. The molecule has 0 fully saturated rings. The van der Waals surface area contributed by atoms with Gasteiger partial charge in [-0.15, -0.1) is 0 Å². The van der Waals surface area contributed by atoms with Crippen LogP contribution < -0.4 is 0 Å². The van der Waals surface area contributed by atoms with Crippen molar-refractivity contribution in [2.75, 3.05) is 0 Å². The monoisotopic (exact) mass is 894 g/mol. The van der Waals surface area contributed by atoms with E-state index in [2.05, 4.69) is 161 Å². The van der Waals surface area contributed by atoms with Gasteiger partial charge in [0.2, 0.25) is 5.95 Å². The summed E-state index contributed by atoms with van der Waals surface area (Å²) >= 11 is 0. The highest BCUT2D eigenvalue weighted by atomic mass is 15.2. The molecule has 4 aromatic heterocycles. The van der Waals surface area contributed by atoms with Crippen molar-refractivity contribution in [2.24, 2.45) is 0 Å². The lowest BCUT2D eigenvalue weighted by molar-refractivity contribution is 0.953. The highest BCUT2D eigenvalue weighted by Crippen LogP contribution is 2.43. The van der Waals surface area contributed by atoms with Crippen LogP contribution in [0.3, 0.4) is 0 Å². The van der Waals surface area contributed by atoms with Crippen LogP contribution in [-0.4, -0.2) is 39.0 Å². The fourth-order valence-electron chi connectivity index (χ4n) is 10.2. The molecule has 0 atom stereocenters. The SMILES string of the molecule is c1ccc(-c2nc(-c3ccccc3)nc(-c3ccccc3-n3c4ccccc4c4ccc5c6ccccc6n(-c6nc(-c7ccccc7)nc(-c7ccc8ccc9ccccc9c8c7)n6)c5c43)n2)cc1. The standard InChI is InChI=1S/C62H38N8/c1-4-19-41(20-5-1)57-63-58(42-21-6-2-7-22-42)66-61(65-57)50-28-14-17-31-54(50)69-52-29-15-12-26-46(52)48-36-37-49-47-27-13-16-30-53(47)70(56(49)55(48)69)62-67-59(43-23-8-3-9-24-43)64-60(68-62)44-35-34-40-33-32-39-18-10-11-25-45(39)51(40)38-44/h1-38H. The first-order valence-electron chi connectivity index (χ1n) is 23.4. The molecule has 0 saturated heterocycles. The van der Waals surface area contributed by atoms with Crippen LogP contribution in [0, 0.1) is 0 Å². The highest BCUT2D eigenvalue weighted by molar-refractivity contribution is 6.24. The molecule has 0 unspecified atom stereocenters. The van der Waals surface area contributed by atoms with E-state index in [1.165, 1.54) is 10.8 Å². The second-order valence-corrected chi connectivity index (χ2v) is 17.5. The number of hydrogen-bond acceptors (Lipinski definition) is 6. The van der Waals surface area contributed by atoms with E-state index in [0.717, 1.165) is 87.9 Å². The first kappa shape index (κ1) is 39.5. The molecule has 70 heavy (non-hydrogen) atoms. The Hall–Kier alpha value is -9.66. The van der Waals surface area contributed by atoms with Gasteiger partial charge in [-0.3, -0.25) is 4.57 Å². The summed E-state index contributed by atoms with van der Waals surface area (Å²) in [7, 11) is 0. The fourth-order valence-corrected chi connectivity index (χ4v) is 10.2. The minimum absolute atomic E-state index is 0.517. The second-order valence-electron chi connectivity index (χ2n) is 17.5. The summed E-state index contributed by atoms with van der Waals surface area (Å²) in [4.78, 5) is 31.6. The van der Waals surface area contributed by atoms with E-state index < -0.39 is 0 Å². The van der Waals surface area contributed by atoms with E-state index in [4.69, 9.17) is 29.9 Å². The molecule has 8 nitrogen and oxygen atoms in total. The van der Waals surface area contributed by atoms with Gasteiger partial charge in [-0.2, -0.15) is 9.97 Å². The number of rotatable bonds is 7. The van der Waals surface area contributed by atoms with Crippen LogP contribution in [0.1, 0.15) is 0 Å². The van der Waals surface area contributed by atoms with Crippen LogP contribution in [-0.2, 0) is 0 Å². The van der Waals surface area contributed by atoms with Crippen LogP contribution >= 0.6 is 0 Å². The predicted octanol–water partition coefficient (Wildman–Crippen LogP) is 14.9. The third kappa shape index (κ3) is 6.38. The predicted molar refractivity (Wildman–Crippen MR) is 284 cm³/mol. The molecule has 0 N–H and O–H groups in total. The van der Waals surface area contributed by atoms with Gasteiger partial charge in [-0.05, 0) is 51.9 Å². The van der Waals surface area contributed by atoms with E-state index in [-0.39, 0.29) is 0 Å². The Morgan fingerprint density at radius 1 is 0.257 bits per heavy atom. The summed E-state index contributed by atoms with van der Waals surface area (Å²) in [6.07, 6.45) is 0. The molecule has 326 valence electrons. The lowest BCUT2D eigenvalue weighted by Crippen LogP contribution is -2.07. The fraction of sp³-hybridized carbons (Fsp3) is 0. The van der Waals surface area contributed by atoms with Crippen molar-refractivity contribution in [1.82, 2.24) is 39.0 Å². The molecule has 0 aliphatic heterocycles. The van der Waals surface area contributed by atoms with Gasteiger partial charge in [0, 0.05) is 49.4 Å². The maximum Gasteiger partial charge on any atom is 0.238 e. The van der Waals surface area contributed by atoms with E-state index in [0.29, 0.717) is 35.1 Å². The van der Waals surface area contributed by atoms with E-state index >= 15 is 0 Å². The summed E-state index contributed by atoms with van der Waals surface area (Å²) < 4.78 is 4.61. The minimum atomic E-state index is 0.517. The van der Waals surface area contributed by atoms with Gasteiger partial charge in [0.05, 0.1) is 27.8 Å². The van der Waals surface area contributed by atoms with Crippen LogP contribution in [0.15, 0.2) is 231 Å². The molecule has 0 spiro atoms. The van der Waals surface area contributed by atoms with Gasteiger partial charge < -0.3 is 4.57 Å². The third-order valence-electron chi connectivity index (χ3n) is 13.4. The summed E-state index contributed by atoms with van der Waals surface area (Å²) in [6.45, 7) is 0. The summed E-state index contributed by atoms with van der Waals surface area (Å²) in [6, 6.07) is 79.9. The maximum absolute atomic E-state index is 5.47. The van der Waals surface area contributed by atoms with Gasteiger partial charge in [0.25, 0.3) is 0 Å². The lowest BCUT2D eigenvalue weighted by Gasteiger charge is -2.16. The Labute approximate surface area is 401 Å². The number of hydrogen-bond donors (Lipinski definition) is 0. The molecule has 14 rings (SSSR count). The average Bonchev–Trinajstić information content (AvgIpc) is 3.96. The van der Waals surface area contributed by atoms with Crippen molar-refractivity contribution in [2.45, 2.75) is 0 Å². The van der Waals surface area contributed by atoms with Gasteiger partial charge in [-0.1, -0.05) is 200 Å². The van der Waals surface area contributed by atoms with Gasteiger partial charge in [0.1, 0.15) is 0 Å². The van der Waals surface area contributed by atoms with Crippen LogP contribution in [0.4, 0.5) is 0 Å². The van der Waals surface area contributed by atoms with Crippen molar-refractivity contribution >= 4 is 65.2 Å². The Morgan fingerprint density at radius 2 is 0.686 bits per heavy atom. The minimum Gasteiger partial charge on any atom is -0.306 e. The van der Waals surface area contributed by atoms with Crippen molar-refractivity contribution in [1.29, 1.82) is 0 Å². The number of aromatic nitrogens is 8. The molecule has 8 heteroatoms. The van der Waals surface area contributed by atoms with E-state index in [9.17, 15) is 0 Å². The van der Waals surface area contributed by atoms with Crippen molar-refractivity contribution < 1.29 is 0 Å². The zero-order valence-corrected chi connectivity index (χ0v) is 37.5. The Morgan fingerprint density at radius 3 is 1.30 bits per heavy atom. The van der Waals surface area contributed by atoms with Gasteiger partial charge >= 0.3 is 0 Å². The second kappa shape index (κ2) is 16.0. The summed E-state index contributed by atoms with van der Waals surface area (Å²) in [5.74, 6) is 3.46. The molecule has 0 aliphatic rings. The Kier molecular flexibility index (Phi) is 9.03. The number of benzene rings is 10. The normalized spacial score (nSPS) is 11.7. The molecule has 0 saturated carbocycles. The largest absolute Gasteiger partial charge is 0.306 e. The molecular formula is C62H38N8. The average molecular weight is 895 g/mol. The molecule has 4 heterocycles. The molecule has 0 radical (unpaired) electrons. The Balaban J connectivity index is 1.07. The molecule has 0 aliphatic carbocycles. The molecule has 14 aromatic rings. The quantitative estimate of drug-likeness (QED) is 0.148. The van der Waals surface area contributed by atoms with Crippen LogP contribution in [0.2, 0.25) is 0 Å². The van der Waals surface area contributed by atoms with Crippen molar-refractivity contribution in [3.63, 3.8) is 0 Å². The summed E-state index contributed by atoms with van der Waals surface area (Å²) in [5.41, 5.74) is 9.40. The molecule has 0 amide bonds. The van der Waals surface area contributed by atoms with Crippen LogP contribution in [0.25, 0.3) is 134 Å². The highest BCUT2D eigenvalue weighted by Gasteiger charge is 2.25. The first-order valence-corrected chi connectivity index (χ1v) is 23.4. The zero-order chi connectivity index (χ0) is 46.1. The van der Waals surface area contributed by atoms with Crippen molar-refractivity contribution in [3.05, 3.63) is 231 Å². The van der Waals surface area contributed by atoms with E-state index in [1.807, 2.05) is 78.9 Å². The number of fused-ring (bicyclic) bond motifs is 10. The number of para-hydroxylation sites is 3. The Bertz CT molecular complexity index is 4290. The van der Waals surface area contributed by atoms with Gasteiger partial charge in [-0.25, -0.2) is 19.9 Å². The third-order valence-corrected chi connectivity index (χ3v) is 13.4. The van der Waals surface area contributed by atoms with E-state index in [1.54, 1.807) is 0 Å². The zero-order valence-electron chi connectivity index (χ0n) is 37.5. The molecule has 10 aromatic carbocycles. The van der Waals surface area contributed by atoms with Gasteiger partial charge in [0.15, 0.2) is 29.1 Å². The number of nitrogens with zero attached hydrogens (tertiary/aromatic N) is 8. The lowest BCUT2D eigenvalue weighted by atomic mass is 10.00. The molecular weight excluding hydrogens is 857 g/mol. The molecule has 0 bridgehead atoms. The maximum atomic E-state index is 5.47. The first-order chi connectivity index (χ1) is 34.7.